The largest absolute Gasteiger partial charge is 0.325 e. The summed E-state index contributed by atoms with van der Waals surface area (Å²) in [5.41, 5.74) is 0. The number of nitrogens with zero attached hydrogens (tertiary/aromatic N) is 1. The third-order valence-electron chi connectivity index (χ3n) is 5.00. The highest BCUT2D eigenvalue weighted by atomic mass is 31.2. The van der Waals surface area contributed by atoms with Gasteiger partial charge in [0.2, 0.25) is 0 Å². The van der Waals surface area contributed by atoms with Gasteiger partial charge < -0.3 is 19.1 Å². The first kappa shape index (κ1) is 18.8. The zero-order valence-electron chi connectivity index (χ0n) is 13.4. The van der Waals surface area contributed by atoms with Crippen LogP contribution in [0.3, 0.4) is 0 Å². The van der Waals surface area contributed by atoms with Crippen molar-refractivity contribution in [3.05, 3.63) is 0 Å². The predicted molar refractivity (Wildman–Crippen MR) is 84.1 cm³/mol. The zero-order chi connectivity index (χ0) is 15.9. The van der Waals surface area contributed by atoms with Crippen LogP contribution in [0.2, 0.25) is 0 Å². The summed E-state index contributed by atoms with van der Waals surface area (Å²) < 4.78 is 12.0. The number of likely N-dealkylation sites (tertiary alicyclic amines) is 1. The maximum absolute atomic E-state index is 11.1. The second-order valence-electron chi connectivity index (χ2n) is 6.54. The van der Waals surface area contributed by atoms with Crippen LogP contribution in [0.1, 0.15) is 46.0 Å². The normalized spacial score (nSPS) is 29.7. The first-order valence-electron chi connectivity index (χ1n) is 8.19. The first-order valence-corrected chi connectivity index (χ1v) is 9.99. The molecule has 2 unspecified atom stereocenters. The van der Waals surface area contributed by atoms with E-state index in [0.29, 0.717) is 24.7 Å². The lowest BCUT2D eigenvalue weighted by Gasteiger charge is -2.35. The third kappa shape index (κ3) is 6.19. The van der Waals surface area contributed by atoms with Gasteiger partial charge in [0.1, 0.15) is 6.29 Å². The minimum atomic E-state index is -3.89. The maximum Gasteiger partial charge on any atom is 0.325 e. The summed E-state index contributed by atoms with van der Waals surface area (Å²) in [4.78, 5) is 28.6. The Labute approximate surface area is 128 Å². The minimum Gasteiger partial charge on any atom is -0.324 e. The lowest BCUT2D eigenvalue weighted by atomic mass is 9.92. The molecule has 0 aromatic heterocycles. The van der Waals surface area contributed by atoms with Gasteiger partial charge in [0.25, 0.3) is 0 Å². The molecule has 0 aromatic rings. The summed E-state index contributed by atoms with van der Waals surface area (Å²) in [5.74, 6) is 1.42. The number of hydrogen-bond donors (Lipinski definition) is 2. The molecule has 5 nitrogen and oxygen atoms in total. The standard InChI is InChI=1S/C15H30NO4P/c1-3-14-12-16(8-5-6-10-17,13-15(14)4-2)9-7-11-21(18,19)20/h10,14-15H,3-9,11-13H2,1-2H3,(H-,18,19,20)/p+1. The molecule has 0 amide bonds. The van der Waals surface area contributed by atoms with E-state index in [1.165, 1.54) is 12.8 Å². The predicted octanol–water partition coefficient (Wildman–Crippen LogP) is 2.42. The van der Waals surface area contributed by atoms with Crippen molar-refractivity contribution < 1.29 is 23.6 Å². The van der Waals surface area contributed by atoms with E-state index < -0.39 is 7.60 Å². The van der Waals surface area contributed by atoms with Gasteiger partial charge >= 0.3 is 7.60 Å². The van der Waals surface area contributed by atoms with E-state index in [0.717, 1.165) is 43.4 Å². The molecular formula is C15H31NO4P+. The molecular weight excluding hydrogens is 289 g/mol. The highest BCUT2D eigenvalue weighted by molar-refractivity contribution is 7.51. The van der Waals surface area contributed by atoms with Crippen molar-refractivity contribution in [1.82, 2.24) is 0 Å². The SMILES string of the molecule is CCC1C[N+](CCCC=O)(CCCP(=O)(O)O)CC1CC. The highest BCUT2D eigenvalue weighted by Gasteiger charge is 2.42. The molecule has 1 fully saturated rings. The number of unbranched alkanes of at least 4 members (excludes halogenated alkanes) is 1. The average molecular weight is 320 g/mol. The molecule has 1 aliphatic rings. The van der Waals surface area contributed by atoms with Crippen molar-refractivity contribution in [3.63, 3.8) is 0 Å². The zero-order valence-corrected chi connectivity index (χ0v) is 14.3. The van der Waals surface area contributed by atoms with Crippen LogP contribution >= 0.6 is 7.60 Å². The molecule has 2 N–H and O–H groups in total. The van der Waals surface area contributed by atoms with E-state index in [-0.39, 0.29) is 6.16 Å². The van der Waals surface area contributed by atoms with Crippen LogP contribution in [-0.2, 0) is 9.36 Å². The molecule has 0 spiro atoms. The molecule has 1 heterocycles. The van der Waals surface area contributed by atoms with Crippen molar-refractivity contribution in [3.8, 4) is 0 Å². The molecule has 0 aromatic carbocycles. The first-order chi connectivity index (χ1) is 9.86. The number of quaternary nitrogens is 1. The van der Waals surface area contributed by atoms with Gasteiger partial charge in [0, 0.05) is 31.1 Å². The molecule has 21 heavy (non-hydrogen) atoms. The number of hydrogen-bond acceptors (Lipinski definition) is 2. The van der Waals surface area contributed by atoms with E-state index in [2.05, 4.69) is 13.8 Å². The van der Waals surface area contributed by atoms with Crippen molar-refractivity contribution >= 4 is 13.9 Å². The minimum absolute atomic E-state index is 0.0196. The summed E-state index contributed by atoms with van der Waals surface area (Å²) in [6, 6.07) is 0. The fourth-order valence-corrected chi connectivity index (χ4v) is 4.44. The quantitative estimate of drug-likeness (QED) is 0.280. The van der Waals surface area contributed by atoms with Crippen molar-refractivity contribution in [2.24, 2.45) is 11.8 Å². The van der Waals surface area contributed by atoms with Crippen LogP contribution in [0.25, 0.3) is 0 Å². The van der Waals surface area contributed by atoms with Crippen molar-refractivity contribution in [2.75, 3.05) is 32.3 Å². The smallest absolute Gasteiger partial charge is 0.324 e. The van der Waals surface area contributed by atoms with E-state index in [1.54, 1.807) is 0 Å². The monoisotopic (exact) mass is 320 g/mol. The van der Waals surface area contributed by atoms with Gasteiger partial charge in [-0.1, -0.05) is 13.8 Å². The topological polar surface area (TPSA) is 74.6 Å². The Hall–Kier alpha value is -0.220. The van der Waals surface area contributed by atoms with Gasteiger partial charge in [0.05, 0.1) is 32.3 Å². The Kier molecular flexibility index (Phi) is 7.55. The summed E-state index contributed by atoms with van der Waals surface area (Å²) in [5, 5.41) is 0. The van der Waals surface area contributed by atoms with Gasteiger partial charge in [-0.15, -0.1) is 0 Å². The molecule has 124 valence electrons. The van der Waals surface area contributed by atoms with Crippen LogP contribution in [0.5, 0.6) is 0 Å². The molecule has 0 bridgehead atoms. The Morgan fingerprint density at radius 2 is 1.62 bits per heavy atom. The molecule has 1 aliphatic heterocycles. The highest BCUT2D eigenvalue weighted by Crippen LogP contribution is 2.38. The van der Waals surface area contributed by atoms with E-state index in [1.807, 2.05) is 0 Å². The molecule has 0 radical (unpaired) electrons. The number of rotatable bonds is 10. The van der Waals surface area contributed by atoms with Crippen molar-refractivity contribution in [1.29, 1.82) is 0 Å². The molecule has 0 aliphatic carbocycles. The van der Waals surface area contributed by atoms with E-state index in [4.69, 9.17) is 9.79 Å². The number of aldehydes is 1. The van der Waals surface area contributed by atoms with Gasteiger partial charge in [-0.05, 0) is 12.8 Å². The molecule has 1 rings (SSSR count). The van der Waals surface area contributed by atoms with Crippen LogP contribution in [-0.4, -0.2) is 52.9 Å². The van der Waals surface area contributed by atoms with Gasteiger partial charge in [-0.3, -0.25) is 4.57 Å². The van der Waals surface area contributed by atoms with Crippen LogP contribution in [0, 0.1) is 11.8 Å². The van der Waals surface area contributed by atoms with E-state index >= 15 is 0 Å². The van der Waals surface area contributed by atoms with Crippen LogP contribution in [0.4, 0.5) is 0 Å². The Morgan fingerprint density at radius 1 is 1.10 bits per heavy atom. The Balaban J connectivity index is 2.67. The number of carbonyl (C=O) groups is 1. The lowest BCUT2D eigenvalue weighted by molar-refractivity contribution is -0.919. The summed E-state index contributed by atoms with van der Waals surface area (Å²) in [7, 11) is -3.89. The fraction of sp³-hybridized carbons (Fsp3) is 0.933. The van der Waals surface area contributed by atoms with E-state index in [9.17, 15) is 9.36 Å². The van der Waals surface area contributed by atoms with Gasteiger partial charge in [-0.25, -0.2) is 0 Å². The number of carbonyl (C=O) groups excluding carboxylic acids is 1. The lowest BCUT2D eigenvalue weighted by Crippen LogP contribution is -2.48. The third-order valence-corrected chi connectivity index (χ3v) is 5.89. The average Bonchev–Trinajstić information content (AvgIpc) is 2.76. The molecule has 0 saturated carbocycles. The van der Waals surface area contributed by atoms with Crippen molar-refractivity contribution in [2.45, 2.75) is 46.0 Å². The molecule has 1 saturated heterocycles. The second-order valence-corrected chi connectivity index (χ2v) is 8.32. The van der Waals surface area contributed by atoms with Gasteiger partial charge in [-0.2, -0.15) is 0 Å². The Morgan fingerprint density at radius 3 is 2.05 bits per heavy atom. The van der Waals surface area contributed by atoms with Gasteiger partial charge in [0.15, 0.2) is 0 Å². The second kappa shape index (κ2) is 8.42. The summed E-state index contributed by atoms with van der Waals surface area (Å²) >= 11 is 0. The molecule has 2 atom stereocenters. The van der Waals surface area contributed by atoms with Crippen LogP contribution in [0.15, 0.2) is 0 Å². The molecule has 6 heteroatoms. The summed E-state index contributed by atoms with van der Waals surface area (Å²) in [6.07, 6.45) is 5.33. The van der Waals surface area contributed by atoms with Crippen LogP contribution < -0.4 is 0 Å². The maximum atomic E-state index is 11.1. The fourth-order valence-electron chi connectivity index (χ4n) is 3.89. The Bertz CT molecular complexity index is 357. The summed E-state index contributed by atoms with van der Waals surface area (Å²) in [6.45, 7) is 8.47.